The van der Waals surface area contributed by atoms with Crippen molar-refractivity contribution in [2.24, 2.45) is 0 Å². The third kappa shape index (κ3) is 3.40. The molecule has 0 aliphatic rings. The highest BCUT2D eigenvalue weighted by molar-refractivity contribution is 7.98. The number of ether oxygens (including phenoxy) is 1. The Kier molecular flexibility index (Phi) is 4.60. The molecule has 1 aromatic carbocycles. The van der Waals surface area contributed by atoms with Crippen LogP contribution >= 0.6 is 23.4 Å². The Morgan fingerprint density at radius 1 is 1.27 bits per heavy atom. The van der Waals surface area contributed by atoms with Crippen molar-refractivity contribution in [1.29, 1.82) is 0 Å². The maximum atomic E-state index is 6.06. The van der Waals surface area contributed by atoms with Crippen molar-refractivity contribution >= 4 is 23.4 Å². The lowest BCUT2D eigenvalue weighted by Gasteiger charge is -2.00. The predicted molar refractivity (Wildman–Crippen MR) is 85.1 cm³/mol. The Bertz CT molecular complexity index is 779. The smallest absolute Gasteiger partial charge is 0.237 e. The minimum atomic E-state index is 0.508. The second-order valence-corrected chi connectivity index (χ2v) is 5.69. The Morgan fingerprint density at radius 2 is 2.18 bits per heavy atom. The first-order chi connectivity index (χ1) is 10.8. The quantitative estimate of drug-likeness (QED) is 0.655. The molecule has 2 aromatic heterocycles. The summed E-state index contributed by atoms with van der Waals surface area (Å²) in [6.07, 6.45) is 1.70. The minimum absolute atomic E-state index is 0.508. The van der Waals surface area contributed by atoms with Gasteiger partial charge in [0.25, 0.3) is 0 Å². The number of hydrogen-bond donors (Lipinski definition) is 0. The first-order valence-electron chi connectivity index (χ1n) is 6.46. The standard InChI is InChI=1S/C15H12ClN3O2S/c1-20-11-5-2-4-10(8-11)14-18-13(21-19-14)9-22-15-12(16)6-3-7-17-15/h2-8H,9H2,1H3. The Morgan fingerprint density at radius 3 is 3.00 bits per heavy atom. The normalized spacial score (nSPS) is 10.6. The molecule has 7 heteroatoms. The molecule has 112 valence electrons. The van der Waals surface area contributed by atoms with Crippen LogP contribution in [0.1, 0.15) is 5.89 Å². The van der Waals surface area contributed by atoms with Crippen molar-refractivity contribution in [1.82, 2.24) is 15.1 Å². The van der Waals surface area contributed by atoms with Crippen LogP contribution in [0.3, 0.4) is 0 Å². The first kappa shape index (κ1) is 14.9. The van der Waals surface area contributed by atoms with Crippen LogP contribution in [0.4, 0.5) is 0 Å². The van der Waals surface area contributed by atoms with E-state index in [1.54, 1.807) is 25.4 Å². The van der Waals surface area contributed by atoms with Gasteiger partial charge in [-0.1, -0.05) is 40.7 Å². The Hall–Kier alpha value is -2.05. The zero-order valence-corrected chi connectivity index (χ0v) is 13.3. The van der Waals surface area contributed by atoms with E-state index in [2.05, 4.69) is 15.1 Å². The van der Waals surface area contributed by atoms with Gasteiger partial charge in [-0.25, -0.2) is 4.98 Å². The summed E-state index contributed by atoms with van der Waals surface area (Å²) in [5, 5.41) is 5.34. The van der Waals surface area contributed by atoms with E-state index in [0.29, 0.717) is 22.5 Å². The fourth-order valence-electron chi connectivity index (χ4n) is 1.80. The van der Waals surface area contributed by atoms with Crippen molar-refractivity contribution < 1.29 is 9.26 Å². The number of aromatic nitrogens is 3. The van der Waals surface area contributed by atoms with Gasteiger partial charge in [0, 0.05) is 11.8 Å². The van der Waals surface area contributed by atoms with Crippen LogP contribution in [-0.2, 0) is 5.75 Å². The largest absolute Gasteiger partial charge is 0.497 e. The molecule has 0 atom stereocenters. The topological polar surface area (TPSA) is 61.0 Å². The van der Waals surface area contributed by atoms with E-state index < -0.39 is 0 Å². The fraction of sp³-hybridized carbons (Fsp3) is 0.133. The molecule has 0 aliphatic carbocycles. The molecule has 2 heterocycles. The van der Waals surface area contributed by atoms with Crippen molar-refractivity contribution in [3.63, 3.8) is 0 Å². The van der Waals surface area contributed by atoms with Gasteiger partial charge in [-0.2, -0.15) is 4.98 Å². The average Bonchev–Trinajstić information content (AvgIpc) is 3.03. The lowest BCUT2D eigenvalue weighted by Crippen LogP contribution is -1.86. The summed E-state index contributed by atoms with van der Waals surface area (Å²) in [6.45, 7) is 0. The van der Waals surface area contributed by atoms with Gasteiger partial charge in [-0.15, -0.1) is 0 Å². The highest BCUT2D eigenvalue weighted by Gasteiger charge is 2.11. The predicted octanol–water partition coefficient (Wildman–Crippen LogP) is 4.09. The van der Waals surface area contributed by atoms with Gasteiger partial charge in [0.2, 0.25) is 11.7 Å². The highest BCUT2D eigenvalue weighted by Crippen LogP contribution is 2.28. The molecule has 0 N–H and O–H groups in total. The number of halogens is 1. The van der Waals surface area contributed by atoms with Crippen LogP contribution in [0.15, 0.2) is 52.1 Å². The monoisotopic (exact) mass is 333 g/mol. The highest BCUT2D eigenvalue weighted by atomic mass is 35.5. The molecule has 3 rings (SSSR count). The third-order valence-electron chi connectivity index (χ3n) is 2.85. The molecule has 0 bridgehead atoms. The van der Waals surface area contributed by atoms with E-state index in [0.717, 1.165) is 16.3 Å². The molecular formula is C15H12ClN3O2S. The molecule has 0 aliphatic heterocycles. The minimum Gasteiger partial charge on any atom is -0.497 e. The van der Waals surface area contributed by atoms with E-state index in [9.17, 15) is 0 Å². The van der Waals surface area contributed by atoms with E-state index in [1.165, 1.54) is 11.8 Å². The van der Waals surface area contributed by atoms with Crippen molar-refractivity contribution in [2.75, 3.05) is 7.11 Å². The van der Waals surface area contributed by atoms with Gasteiger partial charge >= 0.3 is 0 Å². The van der Waals surface area contributed by atoms with Crippen molar-refractivity contribution in [3.05, 3.63) is 53.5 Å². The molecule has 22 heavy (non-hydrogen) atoms. The van der Waals surface area contributed by atoms with Gasteiger partial charge in [-0.05, 0) is 24.3 Å². The second kappa shape index (κ2) is 6.81. The number of hydrogen-bond acceptors (Lipinski definition) is 6. The summed E-state index contributed by atoms with van der Waals surface area (Å²) in [7, 11) is 1.62. The molecule has 0 fully saturated rings. The molecule has 3 aromatic rings. The van der Waals surface area contributed by atoms with Gasteiger partial charge in [0.05, 0.1) is 17.9 Å². The number of pyridine rings is 1. The van der Waals surface area contributed by atoms with Crippen LogP contribution in [0, 0.1) is 0 Å². The first-order valence-corrected chi connectivity index (χ1v) is 7.83. The number of rotatable bonds is 5. The van der Waals surface area contributed by atoms with Crippen LogP contribution in [-0.4, -0.2) is 22.2 Å². The summed E-state index contributed by atoms with van der Waals surface area (Å²) < 4.78 is 10.4. The average molecular weight is 334 g/mol. The van der Waals surface area contributed by atoms with E-state index >= 15 is 0 Å². The lowest BCUT2D eigenvalue weighted by atomic mass is 10.2. The van der Waals surface area contributed by atoms with Crippen molar-refractivity contribution in [3.8, 4) is 17.1 Å². The molecule has 0 saturated heterocycles. The number of thioether (sulfide) groups is 1. The molecule has 0 saturated carbocycles. The molecule has 5 nitrogen and oxygen atoms in total. The lowest BCUT2D eigenvalue weighted by molar-refractivity contribution is 0.391. The van der Waals surface area contributed by atoms with E-state index in [4.69, 9.17) is 20.9 Å². The molecule has 0 unspecified atom stereocenters. The molecule has 0 radical (unpaired) electrons. The summed E-state index contributed by atoms with van der Waals surface area (Å²) in [5.41, 5.74) is 0.843. The maximum Gasteiger partial charge on any atom is 0.237 e. The van der Waals surface area contributed by atoms with Crippen molar-refractivity contribution in [2.45, 2.75) is 10.8 Å². The fourth-order valence-corrected chi connectivity index (χ4v) is 2.80. The molecular weight excluding hydrogens is 322 g/mol. The SMILES string of the molecule is COc1cccc(-c2noc(CSc3ncccc3Cl)n2)c1. The van der Waals surface area contributed by atoms with E-state index in [-0.39, 0.29) is 0 Å². The summed E-state index contributed by atoms with van der Waals surface area (Å²) in [5.74, 6) is 2.30. The van der Waals surface area contributed by atoms with Gasteiger partial charge in [0.1, 0.15) is 10.8 Å². The summed E-state index contributed by atoms with van der Waals surface area (Å²) in [4.78, 5) is 8.58. The van der Waals surface area contributed by atoms with Crippen LogP contribution < -0.4 is 4.74 Å². The number of benzene rings is 1. The Balaban J connectivity index is 1.72. The van der Waals surface area contributed by atoms with Crippen LogP contribution in [0.5, 0.6) is 5.75 Å². The number of nitrogens with zero attached hydrogens (tertiary/aromatic N) is 3. The van der Waals surface area contributed by atoms with Crippen LogP contribution in [0.2, 0.25) is 5.02 Å². The zero-order valence-electron chi connectivity index (χ0n) is 11.7. The maximum absolute atomic E-state index is 6.06. The third-order valence-corrected chi connectivity index (χ3v) is 4.26. The molecule has 0 spiro atoms. The molecule has 0 amide bonds. The van der Waals surface area contributed by atoms with Crippen LogP contribution in [0.25, 0.3) is 11.4 Å². The zero-order chi connectivity index (χ0) is 15.4. The van der Waals surface area contributed by atoms with E-state index in [1.807, 2.05) is 24.3 Å². The summed E-state index contributed by atoms with van der Waals surface area (Å²) >= 11 is 7.51. The second-order valence-electron chi connectivity index (χ2n) is 4.32. The summed E-state index contributed by atoms with van der Waals surface area (Å²) in [6, 6.07) is 11.1. The van der Waals surface area contributed by atoms with Gasteiger partial charge in [-0.3, -0.25) is 0 Å². The Labute approximate surface area is 136 Å². The van der Waals surface area contributed by atoms with Gasteiger partial charge in [0.15, 0.2) is 0 Å². The van der Waals surface area contributed by atoms with Gasteiger partial charge < -0.3 is 9.26 Å². The number of methoxy groups -OCH3 is 1.